The molecule has 0 aliphatic carbocycles. The largest absolute Gasteiger partial charge is 0.381 e. The van der Waals surface area contributed by atoms with Crippen LogP contribution in [0.2, 0.25) is 0 Å². The highest BCUT2D eigenvalue weighted by molar-refractivity contribution is 7.12. The van der Waals surface area contributed by atoms with Crippen molar-refractivity contribution < 1.29 is 14.7 Å². The van der Waals surface area contributed by atoms with E-state index < -0.39 is 12.0 Å². The molecule has 2 atom stereocenters. The maximum Gasteiger partial charge on any atom is 0.182 e. The fraction of sp³-hybridized carbons (Fsp3) is 0.294. The van der Waals surface area contributed by atoms with E-state index >= 15 is 0 Å². The van der Waals surface area contributed by atoms with E-state index in [2.05, 4.69) is 11.8 Å². The molecule has 0 aliphatic heterocycles. The average Bonchev–Trinajstić information content (AvgIpc) is 3.17. The second kappa shape index (κ2) is 9.31. The fourth-order valence-electron chi connectivity index (χ4n) is 1.34. The highest BCUT2D eigenvalue weighted by Gasteiger charge is 2.19. The summed E-state index contributed by atoms with van der Waals surface area (Å²) in [5.74, 6) is 4.86. The number of thiophene rings is 2. The van der Waals surface area contributed by atoms with Crippen LogP contribution in [0.1, 0.15) is 35.3 Å². The van der Waals surface area contributed by atoms with E-state index in [4.69, 9.17) is 5.11 Å². The third-order valence-electron chi connectivity index (χ3n) is 2.69. The Morgan fingerprint density at radius 1 is 1.14 bits per heavy atom. The van der Waals surface area contributed by atoms with Gasteiger partial charge in [0, 0.05) is 0 Å². The molecule has 0 aromatic carbocycles. The standard InChI is InChI=1S/C9H10O2S.C8H8OS/c1-6(7(2)10)9(11)8-4-3-5-12-8;1-7(9)4-5-8-3-2-6-10-8/h3-6H,1-2H3;2-3,6-7,9H,1H3. The molecule has 0 spiro atoms. The minimum atomic E-state index is -0.526. The van der Waals surface area contributed by atoms with Crippen molar-refractivity contribution in [3.8, 4) is 11.8 Å². The molecule has 3 nitrogen and oxygen atoms in total. The van der Waals surface area contributed by atoms with Crippen LogP contribution in [-0.4, -0.2) is 22.8 Å². The second-order valence-corrected chi connectivity index (χ2v) is 6.49. The number of carbonyl (C=O) groups excluding carboxylic acids is 2. The summed E-state index contributed by atoms with van der Waals surface area (Å²) in [7, 11) is 0. The molecule has 0 aliphatic rings. The topological polar surface area (TPSA) is 54.4 Å². The van der Waals surface area contributed by atoms with Gasteiger partial charge in [-0.1, -0.05) is 24.0 Å². The van der Waals surface area contributed by atoms with Crippen LogP contribution in [0, 0.1) is 17.8 Å². The monoisotopic (exact) mass is 334 g/mol. The second-order valence-electron chi connectivity index (χ2n) is 4.60. The number of hydrogen-bond donors (Lipinski definition) is 1. The molecule has 116 valence electrons. The molecule has 5 heteroatoms. The molecule has 2 aromatic rings. The quantitative estimate of drug-likeness (QED) is 0.530. The van der Waals surface area contributed by atoms with Gasteiger partial charge in [0.05, 0.1) is 15.7 Å². The van der Waals surface area contributed by atoms with Crippen LogP contribution < -0.4 is 0 Å². The van der Waals surface area contributed by atoms with Crippen LogP contribution in [-0.2, 0) is 4.79 Å². The Morgan fingerprint density at radius 2 is 1.77 bits per heavy atom. The van der Waals surface area contributed by atoms with Crippen molar-refractivity contribution >= 4 is 34.2 Å². The lowest BCUT2D eigenvalue weighted by atomic mass is 10.0. The smallest absolute Gasteiger partial charge is 0.182 e. The van der Waals surface area contributed by atoms with Crippen molar-refractivity contribution in [1.29, 1.82) is 0 Å². The molecular formula is C17H18O3S2. The van der Waals surface area contributed by atoms with Crippen LogP contribution in [0.5, 0.6) is 0 Å². The highest BCUT2D eigenvalue weighted by Crippen LogP contribution is 2.14. The zero-order valence-corrected chi connectivity index (χ0v) is 14.3. The molecule has 0 bridgehead atoms. The van der Waals surface area contributed by atoms with E-state index in [-0.39, 0.29) is 11.6 Å². The summed E-state index contributed by atoms with van der Waals surface area (Å²) in [6.45, 7) is 4.74. The molecule has 2 aromatic heterocycles. The average molecular weight is 334 g/mol. The Labute approximate surface area is 138 Å². The fourth-order valence-corrected chi connectivity index (χ4v) is 2.67. The maximum atomic E-state index is 11.4. The van der Waals surface area contributed by atoms with Crippen LogP contribution in [0.15, 0.2) is 35.0 Å². The molecule has 0 saturated carbocycles. The third-order valence-corrected chi connectivity index (χ3v) is 4.36. The summed E-state index contributed by atoms with van der Waals surface area (Å²) >= 11 is 2.96. The summed E-state index contributed by atoms with van der Waals surface area (Å²) in [4.78, 5) is 24.0. The number of carbonyl (C=O) groups is 2. The number of ketones is 2. The Hall–Kier alpha value is -1.74. The van der Waals surface area contributed by atoms with Crippen molar-refractivity contribution in [3.05, 3.63) is 44.8 Å². The number of aliphatic hydroxyl groups excluding tert-OH is 1. The normalized spacial score (nSPS) is 12.2. The third kappa shape index (κ3) is 6.35. The SMILES string of the molecule is CC(=O)C(C)C(=O)c1cccs1.CC(O)C#Cc1cccs1. The van der Waals surface area contributed by atoms with Gasteiger partial charge in [-0.25, -0.2) is 0 Å². The van der Waals surface area contributed by atoms with Gasteiger partial charge >= 0.3 is 0 Å². The molecule has 22 heavy (non-hydrogen) atoms. The zero-order valence-electron chi connectivity index (χ0n) is 12.7. The van der Waals surface area contributed by atoms with Crippen molar-refractivity contribution in [2.24, 2.45) is 5.92 Å². The number of rotatable bonds is 3. The van der Waals surface area contributed by atoms with Crippen LogP contribution in [0.3, 0.4) is 0 Å². The molecule has 0 amide bonds. The molecule has 0 saturated heterocycles. The number of aliphatic hydroxyl groups is 1. The lowest BCUT2D eigenvalue weighted by Gasteiger charge is -2.02. The Balaban J connectivity index is 0.000000224. The molecule has 2 rings (SSSR count). The molecule has 0 radical (unpaired) electrons. The summed E-state index contributed by atoms with van der Waals surface area (Å²) in [6, 6.07) is 7.42. The van der Waals surface area contributed by atoms with Crippen LogP contribution in [0.4, 0.5) is 0 Å². The Kier molecular flexibility index (Phi) is 7.75. The van der Waals surface area contributed by atoms with Gasteiger partial charge < -0.3 is 5.11 Å². The molecule has 0 fully saturated rings. The minimum Gasteiger partial charge on any atom is -0.381 e. The van der Waals surface area contributed by atoms with Crippen molar-refractivity contribution in [3.63, 3.8) is 0 Å². The van der Waals surface area contributed by atoms with E-state index in [1.807, 2.05) is 29.0 Å². The van der Waals surface area contributed by atoms with Gasteiger partial charge in [-0.05, 0) is 43.7 Å². The van der Waals surface area contributed by atoms with Crippen molar-refractivity contribution in [2.75, 3.05) is 0 Å². The minimum absolute atomic E-state index is 0.0718. The van der Waals surface area contributed by atoms with Crippen LogP contribution >= 0.6 is 22.7 Å². The summed E-state index contributed by atoms with van der Waals surface area (Å²) in [6.07, 6.45) is -0.526. The van der Waals surface area contributed by atoms with Gasteiger partial charge in [0.25, 0.3) is 0 Å². The first kappa shape index (κ1) is 18.3. The van der Waals surface area contributed by atoms with Gasteiger partial charge in [0.2, 0.25) is 0 Å². The van der Waals surface area contributed by atoms with E-state index in [1.165, 1.54) is 18.3 Å². The highest BCUT2D eigenvalue weighted by atomic mass is 32.1. The van der Waals surface area contributed by atoms with E-state index in [0.717, 1.165) is 4.88 Å². The van der Waals surface area contributed by atoms with Gasteiger partial charge in [0.1, 0.15) is 11.9 Å². The van der Waals surface area contributed by atoms with E-state index in [1.54, 1.807) is 31.3 Å². The zero-order chi connectivity index (χ0) is 16.5. The summed E-state index contributed by atoms with van der Waals surface area (Å²) < 4.78 is 0. The first-order chi connectivity index (χ1) is 10.4. The van der Waals surface area contributed by atoms with Crippen LogP contribution in [0.25, 0.3) is 0 Å². The van der Waals surface area contributed by atoms with Gasteiger partial charge in [-0.15, -0.1) is 22.7 Å². The van der Waals surface area contributed by atoms with Gasteiger partial charge in [-0.2, -0.15) is 0 Å². The van der Waals surface area contributed by atoms with Gasteiger partial charge in [-0.3, -0.25) is 9.59 Å². The van der Waals surface area contributed by atoms with E-state index in [9.17, 15) is 9.59 Å². The maximum absolute atomic E-state index is 11.4. The summed E-state index contributed by atoms with van der Waals surface area (Å²) in [5, 5.41) is 12.6. The predicted molar refractivity (Wildman–Crippen MR) is 91.4 cm³/mol. The van der Waals surface area contributed by atoms with Crippen molar-refractivity contribution in [2.45, 2.75) is 26.9 Å². The van der Waals surface area contributed by atoms with Gasteiger partial charge in [0.15, 0.2) is 5.78 Å². The number of Topliss-reactive ketones (excluding diaryl/α,β-unsaturated/α-hetero) is 2. The lowest BCUT2D eigenvalue weighted by Crippen LogP contribution is -2.17. The summed E-state index contributed by atoms with van der Waals surface area (Å²) in [5.41, 5.74) is 0. The Bertz CT molecular complexity index is 644. The first-order valence-corrected chi connectivity index (χ1v) is 8.49. The number of hydrogen-bond acceptors (Lipinski definition) is 5. The lowest BCUT2D eigenvalue weighted by molar-refractivity contribution is -0.118. The predicted octanol–water partition coefficient (Wildman–Crippen LogP) is 3.64. The molecule has 2 unspecified atom stereocenters. The molecule has 1 N–H and O–H groups in total. The first-order valence-electron chi connectivity index (χ1n) is 6.73. The van der Waals surface area contributed by atoms with Crippen molar-refractivity contribution in [1.82, 2.24) is 0 Å². The Morgan fingerprint density at radius 3 is 2.23 bits per heavy atom. The molecular weight excluding hydrogens is 316 g/mol. The molecule has 2 heterocycles. The van der Waals surface area contributed by atoms with E-state index in [0.29, 0.717) is 4.88 Å².